The highest BCUT2D eigenvalue weighted by Crippen LogP contribution is 2.27. The Morgan fingerprint density at radius 1 is 1.14 bits per heavy atom. The fraction of sp³-hybridized carbons (Fsp3) is 0.611. The molecular weight excluding hydrogens is 260 g/mol. The number of benzene rings is 1. The van der Waals surface area contributed by atoms with Crippen molar-refractivity contribution >= 4 is 5.91 Å². The molecule has 1 amide bonds. The maximum Gasteiger partial charge on any atom is 0.222 e. The van der Waals surface area contributed by atoms with E-state index < -0.39 is 0 Å². The minimum atomic E-state index is 0.167. The zero-order valence-corrected chi connectivity index (χ0v) is 12.7. The summed E-state index contributed by atoms with van der Waals surface area (Å²) in [6.07, 6.45) is 9.08. The van der Waals surface area contributed by atoms with Crippen molar-refractivity contribution in [3.63, 3.8) is 0 Å². The van der Waals surface area contributed by atoms with Gasteiger partial charge in [0, 0.05) is 6.54 Å². The van der Waals surface area contributed by atoms with Crippen LogP contribution in [0.25, 0.3) is 0 Å². The van der Waals surface area contributed by atoms with Crippen LogP contribution in [-0.4, -0.2) is 12.5 Å². The normalized spacial score (nSPS) is 22.7. The fourth-order valence-electron chi connectivity index (χ4n) is 3.59. The average molecular weight is 286 g/mol. The van der Waals surface area contributed by atoms with Crippen LogP contribution in [-0.2, 0) is 11.3 Å². The monoisotopic (exact) mass is 286 g/mol. The van der Waals surface area contributed by atoms with Crippen molar-refractivity contribution in [3.8, 4) is 0 Å². The lowest BCUT2D eigenvalue weighted by Gasteiger charge is -2.29. The first-order valence-corrected chi connectivity index (χ1v) is 8.41. The van der Waals surface area contributed by atoms with Gasteiger partial charge in [-0.05, 0) is 30.0 Å². The van der Waals surface area contributed by atoms with Gasteiger partial charge in [-0.15, -0.1) is 0 Å². The summed E-state index contributed by atoms with van der Waals surface area (Å²) in [5.74, 6) is 1.10. The van der Waals surface area contributed by atoms with Crippen LogP contribution in [0.5, 0.6) is 0 Å². The van der Waals surface area contributed by atoms with Crippen LogP contribution < -0.4 is 10.6 Å². The number of carbonyl (C=O) groups excluding carboxylic acids is 1. The van der Waals surface area contributed by atoms with Crippen molar-refractivity contribution in [1.29, 1.82) is 0 Å². The predicted molar refractivity (Wildman–Crippen MR) is 84.8 cm³/mol. The molecule has 0 spiro atoms. The van der Waals surface area contributed by atoms with E-state index in [4.69, 9.17) is 0 Å². The van der Waals surface area contributed by atoms with Crippen molar-refractivity contribution in [3.05, 3.63) is 35.4 Å². The zero-order valence-electron chi connectivity index (χ0n) is 12.7. The topological polar surface area (TPSA) is 41.1 Å². The van der Waals surface area contributed by atoms with Crippen LogP contribution in [0.15, 0.2) is 24.3 Å². The predicted octanol–water partition coefficient (Wildman–Crippen LogP) is 3.31. The average Bonchev–Trinajstić information content (AvgIpc) is 2.50. The molecule has 1 atom stereocenters. The molecule has 114 valence electrons. The Labute approximate surface area is 127 Å². The van der Waals surface area contributed by atoms with Gasteiger partial charge in [-0.1, -0.05) is 56.4 Å². The second kappa shape index (κ2) is 7.08. The number of carbonyl (C=O) groups is 1. The molecule has 2 N–H and O–H groups in total. The molecule has 1 saturated carbocycles. The third-order valence-electron chi connectivity index (χ3n) is 4.92. The van der Waals surface area contributed by atoms with Crippen LogP contribution in [0.2, 0.25) is 0 Å². The first-order valence-electron chi connectivity index (χ1n) is 8.41. The van der Waals surface area contributed by atoms with Crippen LogP contribution >= 0.6 is 0 Å². The smallest absolute Gasteiger partial charge is 0.222 e. The highest BCUT2D eigenvalue weighted by molar-refractivity contribution is 5.83. The van der Waals surface area contributed by atoms with E-state index >= 15 is 0 Å². The molecule has 3 nitrogen and oxygen atoms in total. The number of amides is 1. The van der Waals surface area contributed by atoms with Gasteiger partial charge in [0.2, 0.25) is 5.91 Å². The van der Waals surface area contributed by atoms with Gasteiger partial charge in [0.05, 0.1) is 12.5 Å². The third kappa shape index (κ3) is 3.85. The van der Waals surface area contributed by atoms with E-state index in [1.165, 1.54) is 49.7 Å². The molecule has 1 saturated heterocycles. The van der Waals surface area contributed by atoms with E-state index in [2.05, 4.69) is 34.9 Å². The Kier molecular flexibility index (Phi) is 4.91. The first kappa shape index (κ1) is 14.6. The number of rotatable bonds is 6. The first-order chi connectivity index (χ1) is 10.3. The molecular formula is C18H26N2O. The van der Waals surface area contributed by atoms with Crippen LogP contribution in [0, 0.1) is 5.92 Å². The van der Waals surface area contributed by atoms with Crippen molar-refractivity contribution in [2.75, 3.05) is 6.54 Å². The van der Waals surface area contributed by atoms with Crippen molar-refractivity contribution < 1.29 is 4.79 Å². The number of hydrogen-bond donors (Lipinski definition) is 2. The van der Waals surface area contributed by atoms with Gasteiger partial charge in [0.15, 0.2) is 0 Å². The van der Waals surface area contributed by atoms with Gasteiger partial charge in [-0.2, -0.15) is 0 Å². The third-order valence-corrected chi connectivity index (χ3v) is 4.92. The SMILES string of the molecule is O=C1CC(c2ccccc2CNCCC2CCCCC2)N1. The van der Waals surface area contributed by atoms with Gasteiger partial charge in [-0.3, -0.25) is 4.79 Å². The van der Waals surface area contributed by atoms with Gasteiger partial charge in [-0.25, -0.2) is 0 Å². The van der Waals surface area contributed by atoms with E-state index in [-0.39, 0.29) is 11.9 Å². The lowest BCUT2D eigenvalue weighted by atomic mass is 9.87. The summed E-state index contributed by atoms with van der Waals surface area (Å²) in [5, 5.41) is 6.57. The molecule has 0 radical (unpaired) electrons. The molecule has 2 fully saturated rings. The maximum atomic E-state index is 11.1. The largest absolute Gasteiger partial charge is 0.349 e. The van der Waals surface area contributed by atoms with E-state index in [1.807, 2.05) is 0 Å². The summed E-state index contributed by atoms with van der Waals surface area (Å²) in [6, 6.07) is 8.69. The van der Waals surface area contributed by atoms with Gasteiger partial charge >= 0.3 is 0 Å². The van der Waals surface area contributed by atoms with Gasteiger partial charge in [0.1, 0.15) is 0 Å². The number of β-lactam (4-membered cyclic amide) rings is 1. The summed E-state index contributed by atoms with van der Waals surface area (Å²) in [4.78, 5) is 11.1. The van der Waals surface area contributed by atoms with Crippen LogP contribution in [0.3, 0.4) is 0 Å². The molecule has 1 heterocycles. The van der Waals surface area contributed by atoms with Crippen molar-refractivity contribution in [1.82, 2.24) is 10.6 Å². The number of hydrogen-bond acceptors (Lipinski definition) is 2. The van der Waals surface area contributed by atoms with E-state index in [0.717, 1.165) is 19.0 Å². The number of nitrogens with one attached hydrogen (secondary N) is 2. The standard InChI is InChI=1S/C18H26N2O/c21-18-12-17(20-18)16-9-5-4-8-15(16)13-19-11-10-14-6-2-1-3-7-14/h4-5,8-9,14,17,19H,1-3,6-7,10-13H2,(H,20,21). The van der Waals surface area contributed by atoms with Crippen LogP contribution in [0.4, 0.5) is 0 Å². The molecule has 1 aliphatic heterocycles. The maximum absolute atomic E-state index is 11.1. The Hall–Kier alpha value is -1.35. The molecule has 3 rings (SSSR count). The van der Waals surface area contributed by atoms with Crippen molar-refractivity contribution in [2.24, 2.45) is 5.92 Å². The minimum absolute atomic E-state index is 0.167. The second-order valence-corrected chi connectivity index (χ2v) is 6.49. The lowest BCUT2D eigenvalue weighted by molar-refractivity contribution is -0.128. The summed E-state index contributed by atoms with van der Waals surface area (Å²) in [5.41, 5.74) is 2.61. The highest BCUT2D eigenvalue weighted by Gasteiger charge is 2.28. The minimum Gasteiger partial charge on any atom is -0.349 e. The molecule has 0 bridgehead atoms. The molecule has 2 aliphatic rings. The molecule has 1 aromatic rings. The zero-order chi connectivity index (χ0) is 14.5. The Morgan fingerprint density at radius 2 is 1.90 bits per heavy atom. The van der Waals surface area contributed by atoms with E-state index in [1.54, 1.807) is 0 Å². The Morgan fingerprint density at radius 3 is 2.67 bits per heavy atom. The van der Waals surface area contributed by atoms with Crippen LogP contribution in [0.1, 0.15) is 62.1 Å². The van der Waals surface area contributed by atoms with E-state index in [0.29, 0.717) is 6.42 Å². The summed E-state index contributed by atoms with van der Waals surface area (Å²) < 4.78 is 0. The van der Waals surface area contributed by atoms with Gasteiger partial charge < -0.3 is 10.6 Å². The Balaban J connectivity index is 1.45. The summed E-state index contributed by atoms with van der Waals surface area (Å²) >= 11 is 0. The van der Waals surface area contributed by atoms with E-state index in [9.17, 15) is 4.79 Å². The molecule has 3 heteroatoms. The summed E-state index contributed by atoms with van der Waals surface area (Å²) in [7, 11) is 0. The second-order valence-electron chi connectivity index (χ2n) is 6.49. The highest BCUT2D eigenvalue weighted by atomic mass is 16.2. The summed E-state index contributed by atoms with van der Waals surface area (Å²) in [6.45, 7) is 2.02. The molecule has 1 unspecified atom stereocenters. The Bertz CT molecular complexity index is 472. The fourth-order valence-corrected chi connectivity index (χ4v) is 3.59. The molecule has 1 aromatic carbocycles. The molecule has 1 aliphatic carbocycles. The lowest BCUT2D eigenvalue weighted by Crippen LogP contribution is -2.42. The molecule has 0 aromatic heterocycles. The van der Waals surface area contributed by atoms with Gasteiger partial charge in [0.25, 0.3) is 0 Å². The molecule has 21 heavy (non-hydrogen) atoms. The quantitative estimate of drug-likeness (QED) is 0.622. The van der Waals surface area contributed by atoms with Crippen molar-refractivity contribution in [2.45, 2.75) is 57.5 Å².